The van der Waals surface area contributed by atoms with Crippen LogP contribution in [0.4, 0.5) is 8.78 Å². The lowest BCUT2D eigenvalue weighted by molar-refractivity contribution is -0.122. The number of nitrogens with zero attached hydrogens (tertiary/aromatic N) is 1. The van der Waals surface area contributed by atoms with Gasteiger partial charge >= 0.3 is 0 Å². The van der Waals surface area contributed by atoms with Gasteiger partial charge in [-0.15, -0.1) is 0 Å². The normalized spacial score (nSPS) is 24.4. The number of amides is 1. The van der Waals surface area contributed by atoms with Crippen molar-refractivity contribution in [1.82, 2.24) is 15.5 Å². The van der Waals surface area contributed by atoms with E-state index in [4.69, 9.17) is 0 Å². The van der Waals surface area contributed by atoms with E-state index in [0.29, 0.717) is 18.5 Å². The third-order valence-electron chi connectivity index (χ3n) is 4.64. The second-order valence-electron chi connectivity index (χ2n) is 6.35. The second kappa shape index (κ2) is 7.36. The molecule has 4 nitrogen and oxygen atoms in total. The number of halogens is 2. The quantitative estimate of drug-likeness (QED) is 0.780. The molecule has 0 bridgehead atoms. The number of piperazine rings is 1. The van der Waals surface area contributed by atoms with Crippen LogP contribution < -0.4 is 10.6 Å². The largest absolute Gasteiger partial charge is 0.356 e. The Hall–Kier alpha value is -1.53. The molecule has 6 heteroatoms. The molecule has 0 radical (unpaired) electrons. The molecule has 1 saturated heterocycles. The molecule has 2 fully saturated rings. The summed E-state index contributed by atoms with van der Waals surface area (Å²) in [6.45, 7) is 5.77. The van der Waals surface area contributed by atoms with E-state index < -0.39 is 11.6 Å². The Morgan fingerprint density at radius 1 is 1.30 bits per heavy atom. The van der Waals surface area contributed by atoms with E-state index in [9.17, 15) is 13.6 Å². The first kappa shape index (κ1) is 16.3. The molecular weight excluding hydrogens is 300 g/mol. The highest BCUT2D eigenvalue weighted by molar-refractivity contribution is 5.82. The molecular formula is C17H23F2N3O. The second-order valence-corrected chi connectivity index (χ2v) is 6.35. The van der Waals surface area contributed by atoms with Crippen molar-refractivity contribution in [3.05, 3.63) is 35.4 Å². The van der Waals surface area contributed by atoms with E-state index in [1.165, 1.54) is 6.07 Å². The van der Waals surface area contributed by atoms with Crippen molar-refractivity contribution in [2.75, 3.05) is 39.3 Å². The van der Waals surface area contributed by atoms with E-state index >= 15 is 0 Å². The fourth-order valence-corrected chi connectivity index (χ4v) is 3.21. The smallest absolute Gasteiger partial charge is 0.223 e. The highest BCUT2D eigenvalue weighted by Crippen LogP contribution is 2.48. The number of rotatable bonds is 6. The van der Waals surface area contributed by atoms with Gasteiger partial charge in [0.2, 0.25) is 5.91 Å². The zero-order chi connectivity index (χ0) is 16.2. The molecule has 1 heterocycles. The summed E-state index contributed by atoms with van der Waals surface area (Å²) in [7, 11) is 0. The number of carbonyl (C=O) groups excluding carboxylic acids is 1. The fourth-order valence-electron chi connectivity index (χ4n) is 3.21. The molecule has 2 N–H and O–H groups in total. The highest BCUT2D eigenvalue weighted by Gasteiger charge is 2.45. The summed E-state index contributed by atoms with van der Waals surface area (Å²) in [5, 5.41) is 6.23. The number of benzene rings is 1. The summed E-state index contributed by atoms with van der Waals surface area (Å²) in [4.78, 5) is 14.5. The van der Waals surface area contributed by atoms with Crippen molar-refractivity contribution in [2.45, 2.75) is 18.8 Å². The van der Waals surface area contributed by atoms with Gasteiger partial charge in [0.05, 0.1) is 0 Å². The van der Waals surface area contributed by atoms with E-state index in [2.05, 4.69) is 15.5 Å². The zero-order valence-corrected chi connectivity index (χ0v) is 13.2. The van der Waals surface area contributed by atoms with Crippen molar-refractivity contribution in [3.8, 4) is 0 Å². The van der Waals surface area contributed by atoms with Crippen LogP contribution in [0.25, 0.3) is 0 Å². The van der Waals surface area contributed by atoms with Crippen LogP contribution >= 0.6 is 0 Å². The Bertz CT molecular complexity index is 561. The minimum absolute atomic E-state index is 0.0426. The first-order chi connectivity index (χ1) is 11.1. The minimum atomic E-state index is -0.455. The van der Waals surface area contributed by atoms with Crippen LogP contribution in [0.2, 0.25) is 0 Å². The van der Waals surface area contributed by atoms with Gasteiger partial charge in [0, 0.05) is 38.6 Å². The first-order valence-corrected chi connectivity index (χ1v) is 8.31. The summed E-state index contributed by atoms with van der Waals surface area (Å²) < 4.78 is 26.9. The molecule has 3 rings (SSSR count). The maximum absolute atomic E-state index is 13.7. The third kappa shape index (κ3) is 4.26. The molecule has 0 spiro atoms. The fraction of sp³-hybridized carbons (Fsp3) is 0.588. The van der Waals surface area contributed by atoms with E-state index in [-0.39, 0.29) is 17.7 Å². The van der Waals surface area contributed by atoms with Crippen molar-refractivity contribution in [2.24, 2.45) is 5.92 Å². The standard InChI is InChI=1S/C17H23F2N3O/c18-12-2-3-16(19)14(10-12)13-11-15(13)17(23)21-4-1-7-22-8-5-20-6-9-22/h2-3,10,13,15,20H,1,4-9,11H2,(H,21,23). The van der Waals surface area contributed by atoms with E-state index in [1.54, 1.807) is 0 Å². The molecule has 2 aliphatic rings. The van der Waals surface area contributed by atoms with Gasteiger partial charge in [0.15, 0.2) is 0 Å². The number of hydrogen-bond donors (Lipinski definition) is 2. The number of hydrogen-bond acceptors (Lipinski definition) is 3. The topological polar surface area (TPSA) is 44.4 Å². The number of nitrogens with one attached hydrogen (secondary N) is 2. The van der Waals surface area contributed by atoms with E-state index in [0.717, 1.165) is 51.3 Å². The summed E-state index contributed by atoms with van der Waals surface area (Å²) in [5.74, 6) is -1.32. The molecule has 2 atom stereocenters. The van der Waals surface area contributed by atoms with Crippen molar-refractivity contribution in [1.29, 1.82) is 0 Å². The Morgan fingerprint density at radius 2 is 2.09 bits per heavy atom. The van der Waals surface area contributed by atoms with Crippen molar-refractivity contribution in [3.63, 3.8) is 0 Å². The summed E-state index contributed by atoms with van der Waals surface area (Å²) in [5.41, 5.74) is 0.325. The van der Waals surface area contributed by atoms with Gasteiger partial charge in [-0.25, -0.2) is 8.78 Å². The monoisotopic (exact) mass is 323 g/mol. The van der Waals surface area contributed by atoms with Gasteiger partial charge in [0.25, 0.3) is 0 Å². The van der Waals surface area contributed by atoms with E-state index in [1.807, 2.05) is 0 Å². The average molecular weight is 323 g/mol. The van der Waals surface area contributed by atoms with Gasteiger partial charge in [-0.3, -0.25) is 4.79 Å². The molecule has 1 aromatic carbocycles. The SMILES string of the molecule is O=C(NCCCN1CCNCC1)C1CC1c1cc(F)ccc1F. The molecule has 1 aliphatic heterocycles. The lowest BCUT2D eigenvalue weighted by Crippen LogP contribution is -2.44. The van der Waals surface area contributed by atoms with Gasteiger partial charge in [-0.2, -0.15) is 0 Å². The van der Waals surface area contributed by atoms with Crippen LogP contribution in [0, 0.1) is 17.6 Å². The van der Waals surface area contributed by atoms with Crippen LogP contribution in [0.3, 0.4) is 0 Å². The highest BCUT2D eigenvalue weighted by atomic mass is 19.1. The molecule has 23 heavy (non-hydrogen) atoms. The summed E-state index contributed by atoms with van der Waals surface area (Å²) in [6, 6.07) is 3.44. The summed E-state index contributed by atoms with van der Waals surface area (Å²) in [6.07, 6.45) is 1.52. The molecule has 1 aliphatic carbocycles. The van der Waals surface area contributed by atoms with Crippen molar-refractivity contribution >= 4 is 5.91 Å². The maximum Gasteiger partial charge on any atom is 0.223 e. The Labute approximate surface area is 135 Å². The Kier molecular flexibility index (Phi) is 5.23. The lowest BCUT2D eigenvalue weighted by Gasteiger charge is -2.27. The maximum atomic E-state index is 13.7. The molecule has 1 saturated carbocycles. The van der Waals surface area contributed by atoms with Crippen LogP contribution in [0.15, 0.2) is 18.2 Å². The Balaban J connectivity index is 1.39. The zero-order valence-electron chi connectivity index (χ0n) is 13.2. The predicted molar refractivity (Wildman–Crippen MR) is 84.1 cm³/mol. The van der Waals surface area contributed by atoms with Gasteiger partial charge in [-0.05, 0) is 49.1 Å². The lowest BCUT2D eigenvalue weighted by atomic mass is 10.1. The van der Waals surface area contributed by atoms with Crippen LogP contribution in [-0.2, 0) is 4.79 Å². The minimum Gasteiger partial charge on any atom is -0.356 e. The van der Waals surface area contributed by atoms with Crippen molar-refractivity contribution < 1.29 is 13.6 Å². The van der Waals surface area contributed by atoms with Crippen LogP contribution in [-0.4, -0.2) is 50.1 Å². The van der Waals surface area contributed by atoms with Crippen LogP contribution in [0.1, 0.15) is 24.3 Å². The Morgan fingerprint density at radius 3 is 2.87 bits per heavy atom. The first-order valence-electron chi connectivity index (χ1n) is 8.31. The van der Waals surface area contributed by atoms with Gasteiger partial charge < -0.3 is 15.5 Å². The van der Waals surface area contributed by atoms with Gasteiger partial charge in [0.1, 0.15) is 11.6 Å². The third-order valence-corrected chi connectivity index (χ3v) is 4.64. The average Bonchev–Trinajstić information content (AvgIpc) is 3.35. The molecule has 0 aromatic heterocycles. The molecule has 2 unspecified atom stereocenters. The number of carbonyl (C=O) groups is 1. The molecule has 1 amide bonds. The van der Waals surface area contributed by atoms with Gasteiger partial charge in [-0.1, -0.05) is 0 Å². The predicted octanol–water partition coefficient (Wildman–Crippen LogP) is 1.48. The molecule has 126 valence electrons. The van der Waals surface area contributed by atoms with Crippen LogP contribution in [0.5, 0.6) is 0 Å². The molecule has 1 aromatic rings. The summed E-state index contributed by atoms with van der Waals surface area (Å²) >= 11 is 0.